The summed E-state index contributed by atoms with van der Waals surface area (Å²) in [5, 5.41) is 6.00. The molecule has 0 heterocycles. The fourth-order valence-electron chi connectivity index (χ4n) is 2.17. The van der Waals surface area contributed by atoms with Crippen LogP contribution in [0.3, 0.4) is 0 Å². The van der Waals surface area contributed by atoms with Gasteiger partial charge in [-0.05, 0) is 37.1 Å². The van der Waals surface area contributed by atoms with E-state index in [1.165, 1.54) is 5.56 Å². The van der Waals surface area contributed by atoms with Gasteiger partial charge in [0.25, 0.3) is 0 Å². The van der Waals surface area contributed by atoms with Crippen LogP contribution in [0.4, 0.5) is 5.69 Å². The summed E-state index contributed by atoms with van der Waals surface area (Å²) < 4.78 is 5.12. The fourth-order valence-corrected chi connectivity index (χ4v) is 2.17. The number of methoxy groups -OCH3 is 1. The molecule has 0 saturated carbocycles. The molecule has 22 heavy (non-hydrogen) atoms. The van der Waals surface area contributed by atoms with Crippen molar-refractivity contribution >= 4 is 11.6 Å². The van der Waals surface area contributed by atoms with Gasteiger partial charge in [0.05, 0.1) is 13.7 Å². The molecule has 0 spiro atoms. The normalized spacial score (nSPS) is 10.2. The van der Waals surface area contributed by atoms with Crippen molar-refractivity contribution in [2.45, 2.75) is 12.8 Å². The van der Waals surface area contributed by atoms with Crippen molar-refractivity contribution in [1.29, 1.82) is 0 Å². The lowest BCUT2D eigenvalue weighted by Crippen LogP contribution is -2.28. The third-order valence-electron chi connectivity index (χ3n) is 3.30. The van der Waals surface area contributed by atoms with E-state index in [4.69, 9.17) is 4.74 Å². The molecule has 0 aliphatic heterocycles. The Morgan fingerprint density at radius 3 is 2.68 bits per heavy atom. The molecule has 116 valence electrons. The molecule has 4 nitrogen and oxygen atoms in total. The van der Waals surface area contributed by atoms with E-state index in [-0.39, 0.29) is 5.91 Å². The van der Waals surface area contributed by atoms with Gasteiger partial charge in [-0.25, -0.2) is 0 Å². The fraction of sp³-hybridized carbons (Fsp3) is 0.278. The molecule has 4 heteroatoms. The molecule has 2 rings (SSSR count). The molecule has 0 atom stereocenters. The lowest BCUT2D eigenvalue weighted by atomic mass is 10.1. The Morgan fingerprint density at radius 2 is 1.91 bits per heavy atom. The second kappa shape index (κ2) is 8.85. The van der Waals surface area contributed by atoms with Gasteiger partial charge >= 0.3 is 0 Å². The van der Waals surface area contributed by atoms with E-state index >= 15 is 0 Å². The van der Waals surface area contributed by atoms with Crippen molar-refractivity contribution in [3.05, 3.63) is 60.2 Å². The molecule has 0 aromatic heterocycles. The maximum atomic E-state index is 11.8. The molecule has 1 amide bonds. The van der Waals surface area contributed by atoms with E-state index in [1.54, 1.807) is 13.2 Å². The zero-order valence-corrected chi connectivity index (χ0v) is 12.8. The van der Waals surface area contributed by atoms with E-state index in [1.807, 2.05) is 36.4 Å². The van der Waals surface area contributed by atoms with Gasteiger partial charge in [0.2, 0.25) is 5.91 Å². The molecule has 0 fully saturated rings. The Labute approximate surface area is 131 Å². The second-order valence-electron chi connectivity index (χ2n) is 5.05. The smallest absolute Gasteiger partial charge is 0.238 e. The van der Waals surface area contributed by atoms with Crippen LogP contribution in [0.5, 0.6) is 5.75 Å². The molecule has 2 aromatic rings. The number of anilines is 1. The summed E-state index contributed by atoms with van der Waals surface area (Å²) in [4.78, 5) is 11.8. The molecule has 0 aliphatic rings. The summed E-state index contributed by atoms with van der Waals surface area (Å²) in [6.45, 7) is 1.13. The van der Waals surface area contributed by atoms with Crippen LogP contribution in [-0.4, -0.2) is 26.1 Å². The first-order valence-corrected chi connectivity index (χ1v) is 7.46. The van der Waals surface area contributed by atoms with Crippen LogP contribution in [0.25, 0.3) is 0 Å². The van der Waals surface area contributed by atoms with Crippen molar-refractivity contribution in [3.63, 3.8) is 0 Å². The highest BCUT2D eigenvalue weighted by Gasteiger charge is 2.02. The highest BCUT2D eigenvalue weighted by molar-refractivity contribution is 5.92. The Balaban J connectivity index is 1.63. The van der Waals surface area contributed by atoms with Crippen LogP contribution in [0.1, 0.15) is 12.0 Å². The van der Waals surface area contributed by atoms with Gasteiger partial charge in [-0.1, -0.05) is 36.4 Å². The summed E-state index contributed by atoms with van der Waals surface area (Å²) in [6, 6.07) is 17.7. The highest BCUT2D eigenvalue weighted by atomic mass is 16.5. The quantitative estimate of drug-likeness (QED) is 0.737. The van der Waals surface area contributed by atoms with E-state index in [9.17, 15) is 4.79 Å². The molecular formula is C18H22N2O2. The van der Waals surface area contributed by atoms with Crippen LogP contribution in [0.15, 0.2) is 54.6 Å². The number of nitrogens with one attached hydrogen (secondary N) is 2. The van der Waals surface area contributed by atoms with Gasteiger partial charge in [-0.3, -0.25) is 4.79 Å². The predicted molar refractivity (Wildman–Crippen MR) is 89.3 cm³/mol. The van der Waals surface area contributed by atoms with E-state index in [2.05, 4.69) is 22.8 Å². The monoisotopic (exact) mass is 298 g/mol. The van der Waals surface area contributed by atoms with Crippen molar-refractivity contribution in [2.24, 2.45) is 0 Å². The van der Waals surface area contributed by atoms with Crippen LogP contribution < -0.4 is 15.4 Å². The number of aryl methyl sites for hydroxylation is 1. The number of rotatable bonds is 8. The van der Waals surface area contributed by atoms with Crippen molar-refractivity contribution in [2.75, 3.05) is 25.5 Å². The van der Waals surface area contributed by atoms with Crippen molar-refractivity contribution < 1.29 is 9.53 Å². The Kier molecular flexibility index (Phi) is 6.45. The van der Waals surface area contributed by atoms with Gasteiger partial charge in [0.1, 0.15) is 5.75 Å². The molecular weight excluding hydrogens is 276 g/mol. The summed E-state index contributed by atoms with van der Waals surface area (Å²) in [7, 11) is 1.61. The molecule has 2 N–H and O–H groups in total. The topological polar surface area (TPSA) is 50.4 Å². The first-order valence-electron chi connectivity index (χ1n) is 7.46. The van der Waals surface area contributed by atoms with Crippen LogP contribution in [0.2, 0.25) is 0 Å². The minimum atomic E-state index is -0.0482. The molecule has 0 unspecified atom stereocenters. The molecule has 2 aromatic carbocycles. The Bertz CT molecular complexity index is 585. The van der Waals surface area contributed by atoms with Crippen LogP contribution in [0, 0.1) is 0 Å². The minimum absolute atomic E-state index is 0.0482. The summed E-state index contributed by atoms with van der Waals surface area (Å²) >= 11 is 0. The SMILES string of the molecule is COc1cccc(NC(=O)CNCCCc2ccccc2)c1. The van der Waals surface area contributed by atoms with Gasteiger partial charge in [-0.2, -0.15) is 0 Å². The second-order valence-corrected chi connectivity index (χ2v) is 5.05. The lowest BCUT2D eigenvalue weighted by molar-refractivity contribution is -0.115. The average Bonchev–Trinajstić information content (AvgIpc) is 2.55. The lowest BCUT2D eigenvalue weighted by Gasteiger charge is -2.08. The number of carbonyl (C=O) groups excluding carboxylic acids is 1. The molecule has 0 saturated heterocycles. The standard InChI is InChI=1S/C18H22N2O2/c1-22-17-11-5-10-16(13-17)20-18(21)14-19-12-6-9-15-7-3-2-4-8-15/h2-5,7-8,10-11,13,19H,6,9,12,14H2,1H3,(H,20,21). The van der Waals surface area contributed by atoms with E-state index < -0.39 is 0 Å². The minimum Gasteiger partial charge on any atom is -0.497 e. The number of benzene rings is 2. The van der Waals surface area contributed by atoms with Gasteiger partial charge in [-0.15, -0.1) is 0 Å². The summed E-state index contributed by atoms with van der Waals surface area (Å²) in [6.07, 6.45) is 2.03. The van der Waals surface area contributed by atoms with E-state index in [0.29, 0.717) is 6.54 Å². The van der Waals surface area contributed by atoms with Gasteiger partial charge in [0, 0.05) is 11.8 Å². The predicted octanol–water partition coefficient (Wildman–Crippen LogP) is 2.86. The largest absolute Gasteiger partial charge is 0.497 e. The number of ether oxygens (including phenoxy) is 1. The van der Waals surface area contributed by atoms with Crippen LogP contribution in [-0.2, 0) is 11.2 Å². The van der Waals surface area contributed by atoms with Crippen molar-refractivity contribution in [1.82, 2.24) is 5.32 Å². The number of hydrogen-bond donors (Lipinski definition) is 2. The Morgan fingerprint density at radius 1 is 1.09 bits per heavy atom. The zero-order valence-electron chi connectivity index (χ0n) is 12.8. The summed E-state index contributed by atoms with van der Waals surface area (Å²) in [5.74, 6) is 0.682. The molecule has 0 bridgehead atoms. The number of amides is 1. The maximum absolute atomic E-state index is 11.8. The summed E-state index contributed by atoms with van der Waals surface area (Å²) in [5.41, 5.74) is 2.07. The third-order valence-corrected chi connectivity index (χ3v) is 3.30. The van der Waals surface area contributed by atoms with Gasteiger partial charge < -0.3 is 15.4 Å². The molecule has 0 radical (unpaired) electrons. The zero-order chi connectivity index (χ0) is 15.6. The maximum Gasteiger partial charge on any atom is 0.238 e. The van der Waals surface area contributed by atoms with Gasteiger partial charge in [0.15, 0.2) is 0 Å². The highest BCUT2D eigenvalue weighted by Crippen LogP contribution is 2.16. The van der Waals surface area contributed by atoms with Crippen molar-refractivity contribution in [3.8, 4) is 5.75 Å². The van der Waals surface area contributed by atoms with Crippen LogP contribution >= 0.6 is 0 Å². The third kappa shape index (κ3) is 5.58. The first-order chi connectivity index (χ1) is 10.8. The number of hydrogen-bond acceptors (Lipinski definition) is 3. The number of carbonyl (C=O) groups is 1. The average molecular weight is 298 g/mol. The van der Waals surface area contributed by atoms with E-state index in [0.717, 1.165) is 30.8 Å². The first kappa shape index (κ1) is 16.0. The Hall–Kier alpha value is -2.33. The molecule has 0 aliphatic carbocycles.